The minimum absolute atomic E-state index is 0.0212. The molecule has 74 valence electrons. The van der Waals surface area contributed by atoms with Crippen molar-refractivity contribution < 1.29 is 14.3 Å². The van der Waals surface area contributed by atoms with Crippen molar-refractivity contribution in [2.75, 3.05) is 0 Å². The van der Waals surface area contributed by atoms with Gasteiger partial charge in [0.25, 0.3) is 0 Å². The van der Waals surface area contributed by atoms with E-state index in [-0.39, 0.29) is 17.8 Å². The highest BCUT2D eigenvalue weighted by Crippen LogP contribution is 2.10. The summed E-state index contributed by atoms with van der Waals surface area (Å²) in [6.07, 6.45) is -0.0212. The van der Waals surface area contributed by atoms with Crippen LogP contribution in [0, 0.1) is 0 Å². The zero-order valence-electron chi connectivity index (χ0n) is 8.64. The summed E-state index contributed by atoms with van der Waals surface area (Å²) in [6.45, 7) is 10.2. The summed E-state index contributed by atoms with van der Waals surface area (Å²) in [6, 6.07) is 0. The Morgan fingerprint density at radius 3 is 2.08 bits per heavy atom. The van der Waals surface area contributed by atoms with Crippen LogP contribution in [0.5, 0.6) is 0 Å². The van der Waals surface area contributed by atoms with Gasteiger partial charge in [-0.25, -0.2) is 0 Å². The molecule has 0 aromatic heterocycles. The van der Waals surface area contributed by atoms with Gasteiger partial charge in [0, 0.05) is 0 Å². The van der Waals surface area contributed by atoms with Gasteiger partial charge in [0.05, 0.1) is 6.42 Å². The molecule has 0 aromatic carbocycles. The molecule has 0 fully saturated rings. The second kappa shape index (κ2) is 4.21. The normalized spacial score (nSPS) is 10.8. The molecule has 0 heterocycles. The maximum atomic E-state index is 11.1. The van der Waals surface area contributed by atoms with Gasteiger partial charge in [0.15, 0.2) is 5.78 Å². The van der Waals surface area contributed by atoms with Crippen LogP contribution in [-0.4, -0.2) is 17.4 Å². The Balaban J connectivity index is 4.04. The van der Waals surface area contributed by atoms with E-state index in [4.69, 9.17) is 4.74 Å². The van der Waals surface area contributed by atoms with Crippen molar-refractivity contribution in [3.8, 4) is 0 Å². The van der Waals surface area contributed by atoms with Gasteiger partial charge in [-0.15, -0.1) is 0 Å². The van der Waals surface area contributed by atoms with Crippen molar-refractivity contribution in [3.05, 3.63) is 12.2 Å². The van der Waals surface area contributed by atoms with E-state index in [9.17, 15) is 9.59 Å². The number of Topliss-reactive ketones (excluding diaryl/α,β-unsaturated/α-hetero) is 1. The number of carbonyl (C=O) groups excluding carboxylic acids is 2. The molecule has 0 unspecified atom stereocenters. The van der Waals surface area contributed by atoms with E-state index >= 15 is 0 Å². The van der Waals surface area contributed by atoms with E-state index in [0.29, 0.717) is 0 Å². The molecule has 3 heteroatoms. The second-order valence-electron chi connectivity index (χ2n) is 3.92. The molecule has 0 saturated heterocycles. The highest BCUT2D eigenvalue weighted by atomic mass is 16.6. The molecule has 0 amide bonds. The van der Waals surface area contributed by atoms with Gasteiger partial charge in [0.2, 0.25) is 0 Å². The fourth-order valence-corrected chi connectivity index (χ4v) is 0.676. The number of esters is 1. The van der Waals surface area contributed by atoms with Gasteiger partial charge < -0.3 is 4.74 Å². The monoisotopic (exact) mass is 184 g/mol. The highest BCUT2D eigenvalue weighted by molar-refractivity contribution is 5.96. The van der Waals surface area contributed by atoms with Crippen molar-refractivity contribution in [3.63, 3.8) is 0 Å². The standard InChI is InChI=1S/C10H16O3/c1-7(8(2)11)6-9(12)13-10(3,4)5/h1,6H2,2-5H3. The van der Waals surface area contributed by atoms with E-state index in [1.165, 1.54) is 6.92 Å². The van der Waals surface area contributed by atoms with Crippen LogP contribution in [0.2, 0.25) is 0 Å². The minimum atomic E-state index is -0.506. The van der Waals surface area contributed by atoms with Crippen molar-refractivity contribution >= 4 is 11.8 Å². The van der Waals surface area contributed by atoms with E-state index in [2.05, 4.69) is 6.58 Å². The van der Waals surface area contributed by atoms with Crippen molar-refractivity contribution in [1.29, 1.82) is 0 Å². The molecule has 0 aromatic rings. The molecule has 0 radical (unpaired) electrons. The maximum Gasteiger partial charge on any atom is 0.310 e. The van der Waals surface area contributed by atoms with Crippen LogP contribution in [0.1, 0.15) is 34.1 Å². The first-order valence-electron chi connectivity index (χ1n) is 4.13. The average molecular weight is 184 g/mol. The first kappa shape index (κ1) is 11.9. The Hall–Kier alpha value is -1.12. The Kier molecular flexibility index (Phi) is 3.85. The molecule has 0 rings (SSSR count). The Morgan fingerprint density at radius 1 is 1.31 bits per heavy atom. The summed E-state index contributed by atoms with van der Waals surface area (Å²) < 4.78 is 5.01. The third-order valence-corrected chi connectivity index (χ3v) is 1.28. The summed E-state index contributed by atoms with van der Waals surface area (Å²) in [4.78, 5) is 21.9. The highest BCUT2D eigenvalue weighted by Gasteiger charge is 2.17. The smallest absolute Gasteiger partial charge is 0.310 e. The molecule has 0 aliphatic heterocycles. The summed E-state index contributed by atoms with van der Waals surface area (Å²) >= 11 is 0. The zero-order valence-corrected chi connectivity index (χ0v) is 8.64. The summed E-state index contributed by atoms with van der Waals surface area (Å²) in [5, 5.41) is 0. The SMILES string of the molecule is C=C(CC(=O)OC(C)(C)C)C(C)=O. The van der Waals surface area contributed by atoms with Crippen LogP contribution in [-0.2, 0) is 14.3 Å². The van der Waals surface area contributed by atoms with Gasteiger partial charge in [-0.2, -0.15) is 0 Å². The predicted octanol–water partition coefficient (Wildman–Crippen LogP) is 1.86. The molecular weight excluding hydrogens is 168 g/mol. The molecule has 0 aliphatic carbocycles. The zero-order chi connectivity index (χ0) is 10.6. The number of hydrogen-bond acceptors (Lipinski definition) is 3. The quantitative estimate of drug-likeness (QED) is 0.496. The first-order valence-corrected chi connectivity index (χ1v) is 4.13. The minimum Gasteiger partial charge on any atom is -0.460 e. The summed E-state index contributed by atoms with van der Waals surface area (Å²) in [7, 11) is 0. The van der Waals surface area contributed by atoms with Crippen LogP contribution in [0.15, 0.2) is 12.2 Å². The predicted molar refractivity (Wildman–Crippen MR) is 50.3 cm³/mol. The largest absolute Gasteiger partial charge is 0.460 e. The van der Waals surface area contributed by atoms with E-state index in [1.807, 2.05) is 0 Å². The fraction of sp³-hybridized carbons (Fsp3) is 0.600. The van der Waals surface area contributed by atoms with Crippen LogP contribution in [0.4, 0.5) is 0 Å². The van der Waals surface area contributed by atoms with E-state index in [1.54, 1.807) is 20.8 Å². The van der Waals surface area contributed by atoms with Crippen LogP contribution >= 0.6 is 0 Å². The topological polar surface area (TPSA) is 43.4 Å². The number of hydrogen-bond donors (Lipinski definition) is 0. The molecule has 0 spiro atoms. The van der Waals surface area contributed by atoms with Gasteiger partial charge in [-0.3, -0.25) is 9.59 Å². The van der Waals surface area contributed by atoms with Crippen molar-refractivity contribution in [2.45, 2.75) is 39.7 Å². The molecule has 0 bridgehead atoms. The van der Waals surface area contributed by atoms with Crippen molar-refractivity contribution in [1.82, 2.24) is 0 Å². The molecule has 3 nitrogen and oxygen atoms in total. The molecular formula is C10H16O3. The Morgan fingerprint density at radius 2 is 1.77 bits per heavy atom. The first-order chi connectivity index (χ1) is 5.72. The number of carbonyl (C=O) groups is 2. The molecule has 0 atom stereocenters. The lowest BCUT2D eigenvalue weighted by Crippen LogP contribution is -2.24. The maximum absolute atomic E-state index is 11.1. The number of ketones is 1. The van der Waals surface area contributed by atoms with E-state index < -0.39 is 11.6 Å². The molecule has 0 N–H and O–H groups in total. The van der Waals surface area contributed by atoms with Crippen LogP contribution in [0.25, 0.3) is 0 Å². The molecule has 13 heavy (non-hydrogen) atoms. The van der Waals surface area contributed by atoms with Crippen molar-refractivity contribution in [2.24, 2.45) is 0 Å². The lowest BCUT2D eigenvalue weighted by Gasteiger charge is -2.19. The lowest BCUT2D eigenvalue weighted by molar-refractivity contribution is -0.154. The van der Waals surface area contributed by atoms with Gasteiger partial charge in [-0.1, -0.05) is 6.58 Å². The number of ether oxygens (including phenoxy) is 1. The molecule has 0 saturated carbocycles. The Bertz CT molecular complexity index is 233. The van der Waals surface area contributed by atoms with Gasteiger partial charge in [0.1, 0.15) is 5.60 Å². The molecule has 0 aliphatic rings. The van der Waals surface area contributed by atoms with Crippen LogP contribution < -0.4 is 0 Å². The van der Waals surface area contributed by atoms with E-state index in [0.717, 1.165) is 0 Å². The summed E-state index contributed by atoms with van der Waals surface area (Å²) in [5.41, 5.74) is -0.219. The van der Waals surface area contributed by atoms with Crippen LogP contribution in [0.3, 0.4) is 0 Å². The summed E-state index contributed by atoms with van der Waals surface area (Å²) in [5.74, 6) is -0.585. The third kappa shape index (κ3) is 6.08. The fourth-order valence-electron chi connectivity index (χ4n) is 0.676. The second-order valence-corrected chi connectivity index (χ2v) is 3.92. The third-order valence-electron chi connectivity index (χ3n) is 1.28. The number of rotatable bonds is 3. The average Bonchev–Trinajstić information content (AvgIpc) is 1.81. The lowest BCUT2D eigenvalue weighted by atomic mass is 10.1. The van der Waals surface area contributed by atoms with Gasteiger partial charge in [-0.05, 0) is 33.3 Å². The van der Waals surface area contributed by atoms with Gasteiger partial charge >= 0.3 is 5.97 Å². The Labute approximate surface area is 78.8 Å².